The monoisotopic (exact) mass is 663 g/mol. The van der Waals surface area contributed by atoms with Gasteiger partial charge >= 0.3 is 0 Å². The Morgan fingerprint density at radius 2 is 1.43 bits per heavy atom. The second-order valence-corrected chi connectivity index (χ2v) is 12.2. The third kappa shape index (κ3) is 9.19. The molecule has 0 spiro atoms. The minimum absolute atomic E-state index is 0.0631. The van der Waals surface area contributed by atoms with Crippen LogP contribution in [0.4, 0.5) is 15.8 Å². The molecular weight excluding hydrogens is 633 g/mol. The summed E-state index contributed by atoms with van der Waals surface area (Å²) in [5.74, 6) is -1.76. The quantitative estimate of drug-likeness (QED) is 0.0972. The first kappa shape index (κ1) is 33.2. The van der Waals surface area contributed by atoms with Gasteiger partial charge in [0.2, 0.25) is 5.91 Å². The lowest BCUT2D eigenvalue weighted by Gasteiger charge is -2.16. The average Bonchev–Trinajstić information content (AvgIpc) is 3.09. The van der Waals surface area contributed by atoms with Gasteiger partial charge in [0, 0.05) is 21.8 Å². The van der Waals surface area contributed by atoms with Gasteiger partial charge in [-0.05, 0) is 77.7 Å². The van der Waals surface area contributed by atoms with Crippen molar-refractivity contribution in [2.45, 2.75) is 23.5 Å². The van der Waals surface area contributed by atoms with Crippen LogP contribution in [0.2, 0.25) is 5.02 Å². The van der Waals surface area contributed by atoms with Crippen LogP contribution in [0.25, 0.3) is 17.2 Å². The first-order chi connectivity index (χ1) is 22.8. The molecule has 5 aromatic carbocycles. The Labute approximate surface area is 282 Å². The second-order valence-electron chi connectivity index (χ2n) is 10.5. The number of nitrogens with one attached hydrogen (secondary N) is 3. The van der Waals surface area contributed by atoms with Crippen molar-refractivity contribution in [1.82, 2.24) is 5.32 Å². The number of anilines is 2. The molecule has 0 aliphatic carbocycles. The third-order valence-electron chi connectivity index (χ3n) is 7.08. The molecule has 0 aliphatic heterocycles. The molecule has 5 aromatic rings. The highest BCUT2D eigenvalue weighted by atomic mass is 35.5. The Bertz CT molecular complexity index is 1900. The fraction of sp³-hybridized carbons (Fsp3) is 0.0789. The Morgan fingerprint density at radius 3 is 2.11 bits per heavy atom. The van der Waals surface area contributed by atoms with E-state index in [2.05, 4.69) is 16.0 Å². The van der Waals surface area contributed by atoms with Gasteiger partial charge in [-0.25, -0.2) is 4.39 Å². The van der Waals surface area contributed by atoms with E-state index in [1.807, 2.05) is 73.7 Å². The lowest BCUT2D eigenvalue weighted by atomic mass is 10.0. The molecule has 1 atom stereocenters. The van der Waals surface area contributed by atoms with Crippen LogP contribution in [0, 0.1) is 5.82 Å². The highest BCUT2D eigenvalue weighted by Gasteiger charge is 2.20. The summed E-state index contributed by atoms with van der Waals surface area (Å²) in [7, 11) is 0. The molecule has 0 fully saturated rings. The van der Waals surface area contributed by atoms with Gasteiger partial charge in [-0.15, -0.1) is 11.8 Å². The maximum absolute atomic E-state index is 13.6. The molecule has 3 amide bonds. The molecule has 0 bridgehead atoms. The Morgan fingerprint density at radius 1 is 0.766 bits per heavy atom. The molecular formula is C38H31ClFN3O3S. The van der Waals surface area contributed by atoms with E-state index >= 15 is 0 Å². The van der Waals surface area contributed by atoms with Gasteiger partial charge < -0.3 is 16.0 Å². The van der Waals surface area contributed by atoms with Gasteiger partial charge in [-0.2, -0.15) is 0 Å². The molecule has 0 aromatic heterocycles. The van der Waals surface area contributed by atoms with E-state index in [-0.39, 0.29) is 16.6 Å². The van der Waals surface area contributed by atoms with Crippen molar-refractivity contribution in [3.8, 4) is 11.1 Å². The molecule has 5 rings (SSSR count). The summed E-state index contributed by atoms with van der Waals surface area (Å²) in [6, 6.07) is 37.4. The summed E-state index contributed by atoms with van der Waals surface area (Å²) in [5.41, 5.74) is 4.18. The SMILES string of the molecule is CCC(Sc1cccc(NC(=O)/C(=C\c2ccc(-c3ccccc3)cc2)NC(=O)c2ccccc2)c1)C(=O)Nc1ccc(F)c(Cl)c1. The molecule has 0 radical (unpaired) electrons. The van der Waals surface area contributed by atoms with Gasteiger partial charge in [0.15, 0.2) is 0 Å². The van der Waals surface area contributed by atoms with E-state index in [1.165, 1.54) is 30.0 Å². The minimum atomic E-state index is -0.566. The first-order valence-electron chi connectivity index (χ1n) is 14.9. The number of thioether (sulfide) groups is 1. The molecule has 47 heavy (non-hydrogen) atoms. The first-order valence-corrected chi connectivity index (χ1v) is 16.1. The smallest absolute Gasteiger partial charge is 0.272 e. The molecule has 3 N–H and O–H groups in total. The van der Waals surface area contributed by atoms with Gasteiger partial charge in [-0.1, -0.05) is 97.4 Å². The molecule has 1 unspecified atom stereocenters. The number of benzene rings is 5. The number of carbonyl (C=O) groups is 3. The third-order valence-corrected chi connectivity index (χ3v) is 8.73. The van der Waals surface area contributed by atoms with Crippen molar-refractivity contribution in [3.05, 3.63) is 155 Å². The van der Waals surface area contributed by atoms with E-state index < -0.39 is 22.9 Å². The summed E-state index contributed by atoms with van der Waals surface area (Å²) >= 11 is 7.19. The maximum atomic E-state index is 13.6. The number of hydrogen-bond acceptors (Lipinski definition) is 4. The van der Waals surface area contributed by atoms with Crippen LogP contribution in [0.1, 0.15) is 29.3 Å². The van der Waals surface area contributed by atoms with Crippen molar-refractivity contribution < 1.29 is 18.8 Å². The molecule has 9 heteroatoms. The van der Waals surface area contributed by atoms with E-state index in [0.717, 1.165) is 21.6 Å². The normalized spacial score (nSPS) is 11.8. The van der Waals surface area contributed by atoms with Crippen molar-refractivity contribution in [1.29, 1.82) is 0 Å². The van der Waals surface area contributed by atoms with Crippen LogP contribution >= 0.6 is 23.4 Å². The zero-order valence-corrected chi connectivity index (χ0v) is 26.9. The predicted octanol–water partition coefficient (Wildman–Crippen LogP) is 9.07. The van der Waals surface area contributed by atoms with Gasteiger partial charge in [0.25, 0.3) is 11.8 Å². The zero-order chi connectivity index (χ0) is 33.2. The van der Waals surface area contributed by atoms with Crippen molar-refractivity contribution in [3.63, 3.8) is 0 Å². The zero-order valence-electron chi connectivity index (χ0n) is 25.4. The largest absolute Gasteiger partial charge is 0.325 e. The Hall–Kier alpha value is -5.18. The van der Waals surface area contributed by atoms with Crippen LogP contribution in [-0.4, -0.2) is 23.0 Å². The topological polar surface area (TPSA) is 87.3 Å². The number of hydrogen-bond donors (Lipinski definition) is 3. The molecule has 0 saturated heterocycles. The predicted molar refractivity (Wildman–Crippen MR) is 189 cm³/mol. The number of carbonyl (C=O) groups excluding carboxylic acids is 3. The summed E-state index contributed by atoms with van der Waals surface area (Å²) in [6.07, 6.45) is 2.15. The minimum Gasteiger partial charge on any atom is -0.325 e. The Balaban J connectivity index is 1.33. The standard InChI is InChI=1S/C38H31ClFN3O3S/c1-2-35(38(46)42-30-20-21-33(40)32(39)24-30)47-31-15-9-14-29(23-31)41-37(45)34(43-36(44)28-12-7-4-8-13-28)22-25-16-18-27(19-17-25)26-10-5-3-6-11-26/h3-24,35H,2H2,1H3,(H,41,45)(H,42,46)(H,43,44)/b34-22+. The van der Waals surface area contributed by atoms with Crippen LogP contribution < -0.4 is 16.0 Å². The van der Waals surface area contributed by atoms with E-state index in [0.29, 0.717) is 23.4 Å². The summed E-state index contributed by atoms with van der Waals surface area (Å²) in [6.45, 7) is 1.89. The van der Waals surface area contributed by atoms with Crippen molar-refractivity contribution in [2.24, 2.45) is 0 Å². The molecule has 236 valence electrons. The second kappa shape index (κ2) is 15.9. The molecule has 0 saturated carbocycles. The molecule has 6 nitrogen and oxygen atoms in total. The van der Waals surface area contributed by atoms with Gasteiger partial charge in [0.05, 0.1) is 10.3 Å². The van der Waals surface area contributed by atoms with Crippen molar-refractivity contribution >= 4 is 58.5 Å². The fourth-order valence-electron chi connectivity index (χ4n) is 4.64. The Kier molecular flexibility index (Phi) is 11.2. The highest BCUT2D eigenvalue weighted by Crippen LogP contribution is 2.29. The van der Waals surface area contributed by atoms with Crippen LogP contribution in [0.5, 0.6) is 0 Å². The number of halogens is 2. The lowest BCUT2D eigenvalue weighted by Crippen LogP contribution is -2.30. The lowest BCUT2D eigenvalue weighted by molar-refractivity contribution is -0.116. The van der Waals surface area contributed by atoms with E-state index in [4.69, 9.17) is 11.6 Å². The van der Waals surface area contributed by atoms with Gasteiger partial charge in [-0.3, -0.25) is 14.4 Å². The average molecular weight is 664 g/mol. The summed E-state index contributed by atoms with van der Waals surface area (Å²) < 4.78 is 13.5. The van der Waals surface area contributed by atoms with E-state index in [1.54, 1.807) is 48.5 Å². The molecule has 0 aliphatic rings. The summed E-state index contributed by atoms with van der Waals surface area (Å²) in [4.78, 5) is 40.5. The van der Waals surface area contributed by atoms with Crippen LogP contribution in [-0.2, 0) is 9.59 Å². The number of rotatable bonds is 11. The fourth-order valence-corrected chi connectivity index (χ4v) is 5.83. The maximum Gasteiger partial charge on any atom is 0.272 e. The van der Waals surface area contributed by atoms with E-state index in [9.17, 15) is 18.8 Å². The van der Waals surface area contributed by atoms with Crippen molar-refractivity contribution in [2.75, 3.05) is 10.6 Å². The summed E-state index contributed by atoms with van der Waals surface area (Å²) in [5, 5.41) is 7.89. The highest BCUT2D eigenvalue weighted by molar-refractivity contribution is 8.00. The van der Waals surface area contributed by atoms with Gasteiger partial charge in [0.1, 0.15) is 11.5 Å². The number of amides is 3. The van der Waals surface area contributed by atoms with Crippen LogP contribution in [0.15, 0.2) is 138 Å². The van der Waals surface area contributed by atoms with Crippen LogP contribution in [0.3, 0.4) is 0 Å². The molecule has 0 heterocycles.